The molecule has 0 saturated carbocycles. The maximum Gasteiger partial charge on any atom is 0.241 e. The van der Waals surface area contributed by atoms with E-state index >= 15 is 0 Å². The maximum absolute atomic E-state index is 12.2. The van der Waals surface area contributed by atoms with Crippen molar-refractivity contribution in [3.05, 3.63) is 42.1 Å². The van der Waals surface area contributed by atoms with Crippen LogP contribution in [0.25, 0.3) is 5.57 Å². The summed E-state index contributed by atoms with van der Waals surface area (Å²) in [6.45, 7) is 0.918. The van der Waals surface area contributed by atoms with Crippen LogP contribution in [0.3, 0.4) is 0 Å². The van der Waals surface area contributed by atoms with Crippen LogP contribution in [0.2, 0.25) is 0 Å². The number of hydrogen-bond donors (Lipinski definition) is 2. The summed E-state index contributed by atoms with van der Waals surface area (Å²) in [5, 5.41) is 6.23. The van der Waals surface area contributed by atoms with Crippen LogP contribution in [0.1, 0.15) is 31.5 Å². The minimum Gasteiger partial charge on any atom is -0.324 e. The summed E-state index contributed by atoms with van der Waals surface area (Å²) in [4.78, 5) is 20.7. The predicted octanol–water partition coefficient (Wildman–Crippen LogP) is 1.41. The van der Waals surface area contributed by atoms with Gasteiger partial charge in [0, 0.05) is 23.7 Å². The topological polar surface area (TPSA) is 66.9 Å². The lowest BCUT2D eigenvalue weighted by Gasteiger charge is -2.18. The van der Waals surface area contributed by atoms with Crippen molar-refractivity contribution in [2.24, 2.45) is 0 Å². The Bertz CT molecular complexity index is 544. The molecule has 2 heterocycles. The quantitative estimate of drug-likeness (QED) is 0.871. The Hall–Kier alpha value is -2.01. The van der Waals surface area contributed by atoms with Gasteiger partial charge >= 0.3 is 0 Å². The zero-order valence-electron chi connectivity index (χ0n) is 11.3. The number of nitrogens with zero attached hydrogens (tertiary/aromatic N) is 2. The fourth-order valence-electron chi connectivity index (χ4n) is 2.57. The Kier molecular flexibility index (Phi) is 3.87. The first-order chi connectivity index (χ1) is 9.84. The predicted molar refractivity (Wildman–Crippen MR) is 76.5 cm³/mol. The summed E-state index contributed by atoms with van der Waals surface area (Å²) in [5.41, 5.74) is 1.75. The second-order valence-electron chi connectivity index (χ2n) is 5.02. The van der Waals surface area contributed by atoms with Crippen molar-refractivity contribution in [1.82, 2.24) is 20.6 Å². The van der Waals surface area contributed by atoms with E-state index in [4.69, 9.17) is 0 Å². The molecule has 1 amide bonds. The third-order valence-corrected chi connectivity index (χ3v) is 3.60. The van der Waals surface area contributed by atoms with Crippen LogP contribution < -0.4 is 10.6 Å². The molecule has 0 bridgehead atoms. The van der Waals surface area contributed by atoms with Gasteiger partial charge in [0.05, 0.1) is 6.04 Å². The lowest BCUT2D eigenvalue weighted by molar-refractivity contribution is -0.121. The fraction of sp³-hybridized carbons (Fsp3) is 0.400. The van der Waals surface area contributed by atoms with Gasteiger partial charge in [-0.05, 0) is 38.3 Å². The van der Waals surface area contributed by atoms with Crippen LogP contribution in [0.5, 0.6) is 0 Å². The minimum absolute atomic E-state index is 0.0393. The average molecular weight is 270 g/mol. The van der Waals surface area contributed by atoms with E-state index in [0.717, 1.165) is 43.5 Å². The number of nitrogens with one attached hydrogen (secondary N) is 2. The zero-order valence-corrected chi connectivity index (χ0v) is 11.3. The Morgan fingerprint density at radius 2 is 2.05 bits per heavy atom. The standard InChI is InChI=1S/C15H18N4O/c20-15(13-7-3-8-16-13)19-12-6-2-1-5-11(12)14-17-9-4-10-18-14/h4-6,9-10,13,16H,1-3,7-8H2,(H,19,20)/t13-/m0/s1. The van der Waals surface area contributed by atoms with E-state index in [9.17, 15) is 4.79 Å². The number of rotatable bonds is 3. The SMILES string of the molecule is O=C(NC1=CCCC=C1c1ncccn1)[C@@H]1CCCN1. The Morgan fingerprint density at radius 3 is 2.80 bits per heavy atom. The molecule has 1 atom stereocenters. The Balaban J connectivity index is 1.75. The fourth-order valence-corrected chi connectivity index (χ4v) is 2.57. The van der Waals surface area contributed by atoms with Crippen LogP contribution in [0.4, 0.5) is 0 Å². The van der Waals surface area contributed by atoms with E-state index < -0.39 is 0 Å². The van der Waals surface area contributed by atoms with Gasteiger partial charge in [-0.25, -0.2) is 9.97 Å². The summed E-state index contributed by atoms with van der Waals surface area (Å²) in [6, 6.07) is 1.72. The summed E-state index contributed by atoms with van der Waals surface area (Å²) in [7, 11) is 0. The Labute approximate surface area is 118 Å². The molecule has 3 rings (SSSR count). The number of aromatic nitrogens is 2. The van der Waals surface area contributed by atoms with Crippen LogP contribution >= 0.6 is 0 Å². The smallest absolute Gasteiger partial charge is 0.241 e. The van der Waals surface area contributed by atoms with E-state index in [0.29, 0.717) is 5.82 Å². The molecule has 5 heteroatoms. The van der Waals surface area contributed by atoms with Crippen LogP contribution in [0.15, 0.2) is 36.3 Å². The Morgan fingerprint density at radius 1 is 1.25 bits per heavy atom. The number of carbonyl (C=O) groups excluding carboxylic acids is 1. The molecule has 1 saturated heterocycles. The van der Waals surface area contributed by atoms with Crippen LogP contribution in [-0.4, -0.2) is 28.5 Å². The third-order valence-electron chi connectivity index (χ3n) is 3.60. The molecule has 0 spiro atoms. The van der Waals surface area contributed by atoms with E-state index in [-0.39, 0.29) is 11.9 Å². The van der Waals surface area contributed by atoms with Gasteiger partial charge < -0.3 is 10.6 Å². The lowest BCUT2D eigenvalue weighted by atomic mass is 10.0. The zero-order chi connectivity index (χ0) is 13.8. The van der Waals surface area contributed by atoms with E-state index in [1.807, 2.05) is 0 Å². The van der Waals surface area contributed by atoms with Gasteiger partial charge in [0.15, 0.2) is 5.82 Å². The largest absolute Gasteiger partial charge is 0.324 e. The highest BCUT2D eigenvalue weighted by Crippen LogP contribution is 2.24. The normalized spacial score (nSPS) is 22.1. The summed E-state index contributed by atoms with van der Waals surface area (Å²) in [5.74, 6) is 0.704. The first-order valence-electron chi connectivity index (χ1n) is 7.07. The van der Waals surface area contributed by atoms with Crippen molar-refractivity contribution in [3.63, 3.8) is 0 Å². The van der Waals surface area contributed by atoms with Gasteiger partial charge in [-0.2, -0.15) is 0 Å². The maximum atomic E-state index is 12.2. The number of hydrogen-bond acceptors (Lipinski definition) is 4. The van der Waals surface area contributed by atoms with Crippen molar-refractivity contribution >= 4 is 11.5 Å². The molecule has 1 aliphatic heterocycles. The van der Waals surface area contributed by atoms with Crippen molar-refractivity contribution in [2.45, 2.75) is 31.7 Å². The van der Waals surface area contributed by atoms with Crippen LogP contribution in [-0.2, 0) is 4.79 Å². The highest BCUT2D eigenvalue weighted by atomic mass is 16.2. The van der Waals surface area contributed by atoms with E-state index in [2.05, 4.69) is 32.8 Å². The average Bonchev–Trinajstić information content (AvgIpc) is 3.03. The van der Waals surface area contributed by atoms with Gasteiger partial charge in [0.1, 0.15) is 0 Å². The van der Waals surface area contributed by atoms with Crippen molar-refractivity contribution in [2.75, 3.05) is 6.54 Å². The molecule has 2 N–H and O–H groups in total. The van der Waals surface area contributed by atoms with Crippen molar-refractivity contribution in [1.29, 1.82) is 0 Å². The second-order valence-corrected chi connectivity index (χ2v) is 5.02. The molecule has 2 aliphatic rings. The highest BCUT2D eigenvalue weighted by Gasteiger charge is 2.24. The highest BCUT2D eigenvalue weighted by molar-refractivity contribution is 5.89. The molecular formula is C15H18N4O. The number of carbonyl (C=O) groups is 1. The molecule has 1 aromatic heterocycles. The van der Waals surface area contributed by atoms with E-state index in [1.54, 1.807) is 18.5 Å². The summed E-state index contributed by atoms with van der Waals surface area (Å²) >= 11 is 0. The van der Waals surface area contributed by atoms with Gasteiger partial charge in [-0.15, -0.1) is 0 Å². The molecule has 0 radical (unpaired) electrons. The lowest BCUT2D eigenvalue weighted by Crippen LogP contribution is -2.40. The van der Waals surface area contributed by atoms with E-state index in [1.165, 1.54) is 0 Å². The molecule has 0 unspecified atom stereocenters. The van der Waals surface area contributed by atoms with Crippen molar-refractivity contribution < 1.29 is 4.79 Å². The van der Waals surface area contributed by atoms with Crippen molar-refractivity contribution in [3.8, 4) is 0 Å². The molecule has 5 nitrogen and oxygen atoms in total. The molecule has 1 aromatic rings. The molecule has 20 heavy (non-hydrogen) atoms. The minimum atomic E-state index is -0.0734. The first kappa shape index (κ1) is 13.0. The molecule has 0 aromatic carbocycles. The van der Waals surface area contributed by atoms with Gasteiger partial charge in [0.25, 0.3) is 0 Å². The summed E-state index contributed by atoms with van der Waals surface area (Å²) in [6.07, 6.45) is 11.4. The van der Waals surface area contributed by atoms with Gasteiger partial charge in [-0.3, -0.25) is 4.79 Å². The van der Waals surface area contributed by atoms with Gasteiger partial charge in [-0.1, -0.05) is 12.2 Å². The third kappa shape index (κ3) is 2.77. The number of amides is 1. The molecular weight excluding hydrogens is 252 g/mol. The second kappa shape index (κ2) is 5.96. The van der Waals surface area contributed by atoms with Crippen LogP contribution in [0, 0.1) is 0 Å². The van der Waals surface area contributed by atoms with Gasteiger partial charge in [0.2, 0.25) is 5.91 Å². The monoisotopic (exact) mass is 270 g/mol. The molecule has 1 aliphatic carbocycles. The number of allylic oxidation sites excluding steroid dienone is 3. The summed E-state index contributed by atoms with van der Waals surface area (Å²) < 4.78 is 0. The molecule has 1 fully saturated rings. The molecule has 104 valence electrons. The first-order valence-corrected chi connectivity index (χ1v) is 7.07.